The zero-order valence-corrected chi connectivity index (χ0v) is 23.3. The number of hydrogen-bond donors (Lipinski definition) is 0. The number of carbonyl (C=O) groups is 2. The highest BCUT2D eigenvalue weighted by Gasteiger charge is 2.34. The first-order valence-corrected chi connectivity index (χ1v) is 18.0. The first-order chi connectivity index (χ1) is 12.4. The highest BCUT2D eigenvalue weighted by Crippen LogP contribution is 2.21. The van der Waals surface area contributed by atoms with Crippen molar-refractivity contribution >= 4 is 70.4 Å². The average Bonchev–Trinajstić information content (AvgIpc) is 2.52. The minimum Gasteiger partial charge on any atom is -0.465 e. The van der Waals surface area contributed by atoms with E-state index in [1.807, 2.05) is 0 Å². The largest absolute Gasteiger partial charge is 0.465 e. The molecule has 2 unspecified atom stereocenters. The Hall–Kier alpha value is 0.471. The third-order valence-corrected chi connectivity index (χ3v) is 12.9. The van der Waals surface area contributed by atoms with Crippen LogP contribution in [0.1, 0.15) is 26.7 Å². The van der Waals surface area contributed by atoms with Crippen LogP contribution in [0.25, 0.3) is 0 Å². The van der Waals surface area contributed by atoms with Gasteiger partial charge in [-0.3, -0.25) is 9.59 Å². The molecule has 0 heterocycles. The van der Waals surface area contributed by atoms with Crippen molar-refractivity contribution in [3.63, 3.8) is 0 Å². The molecule has 11 heteroatoms. The Balaban J connectivity index is 3.99. The van der Waals surface area contributed by atoms with E-state index in [-0.39, 0.29) is 21.6 Å². The molecule has 6 nitrogen and oxygen atoms in total. The van der Waals surface area contributed by atoms with Gasteiger partial charge >= 0.3 is 20.5 Å². The van der Waals surface area contributed by atoms with Crippen LogP contribution in [0.4, 0.5) is 0 Å². The quantitative estimate of drug-likeness (QED) is 0.135. The summed E-state index contributed by atoms with van der Waals surface area (Å²) >= 11 is 6.38. The lowest BCUT2D eigenvalue weighted by atomic mass is 10.5. The van der Waals surface area contributed by atoms with Crippen LogP contribution in [0.3, 0.4) is 0 Å². The molecule has 0 rings (SSSR count). The third kappa shape index (κ3) is 15.0. The van der Waals surface area contributed by atoms with E-state index < -0.39 is 16.9 Å². The molecule has 0 saturated carbocycles. The van der Waals surface area contributed by atoms with Crippen molar-refractivity contribution in [2.75, 3.05) is 13.2 Å². The lowest BCUT2D eigenvalue weighted by Gasteiger charge is -2.33. The van der Waals surface area contributed by atoms with E-state index in [1.165, 1.54) is 0 Å². The molecule has 0 amide bonds. The van der Waals surface area contributed by atoms with Gasteiger partial charge in [-0.25, -0.2) is 0 Å². The maximum Gasteiger partial charge on any atom is 0.319 e. The van der Waals surface area contributed by atoms with E-state index >= 15 is 0 Å². The smallest absolute Gasteiger partial charge is 0.319 e. The minimum atomic E-state index is -2.19. The van der Waals surface area contributed by atoms with E-state index in [9.17, 15) is 9.59 Å². The van der Waals surface area contributed by atoms with Crippen molar-refractivity contribution in [1.82, 2.24) is 0 Å². The van der Waals surface area contributed by atoms with Gasteiger partial charge in [0.25, 0.3) is 0 Å². The van der Waals surface area contributed by atoms with Gasteiger partial charge in [-0.1, -0.05) is 31.9 Å². The molecule has 0 spiro atoms. The fourth-order valence-corrected chi connectivity index (χ4v) is 11.8. The summed E-state index contributed by atoms with van der Waals surface area (Å²) in [6.45, 7) is 12.8. The van der Waals surface area contributed by atoms with Crippen LogP contribution in [0.5, 0.6) is 0 Å². The molecule has 0 aliphatic rings. The second kappa shape index (κ2) is 13.6. The highest BCUT2D eigenvalue weighted by atomic mass is 79.9. The van der Waals surface area contributed by atoms with Crippen LogP contribution < -0.4 is 0 Å². The fourth-order valence-electron chi connectivity index (χ4n) is 2.18. The normalized spacial score (nSPS) is 14.5. The first kappa shape index (κ1) is 27.5. The van der Waals surface area contributed by atoms with Crippen LogP contribution in [0.2, 0.25) is 38.3 Å². The topological polar surface area (TPSA) is 71.1 Å². The van der Waals surface area contributed by atoms with Crippen molar-refractivity contribution in [3.8, 4) is 0 Å². The molecule has 0 bridgehead atoms. The van der Waals surface area contributed by atoms with Gasteiger partial charge in [0.05, 0.1) is 13.2 Å². The summed E-state index contributed by atoms with van der Waals surface area (Å²) in [5.41, 5.74) is 0. The maximum absolute atomic E-state index is 11.4. The Labute approximate surface area is 185 Å². The summed E-state index contributed by atoms with van der Waals surface area (Å²) in [7, 11) is -3.73. The predicted molar refractivity (Wildman–Crippen MR) is 120 cm³/mol. The van der Waals surface area contributed by atoms with Gasteiger partial charge in [-0.05, 0) is 65.0 Å². The Morgan fingerprint density at radius 1 is 0.926 bits per heavy atom. The summed E-state index contributed by atoms with van der Waals surface area (Å²) in [4.78, 5) is 22.2. The van der Waals surface area contributed by atoms with E-state index in [4.69, 9.17) is 17.7 Å². The van der Waals surface area contributed by atoms with Crippen LogP contribution in [0.15, 0.2) is 0 Å². The van der Waals surface area contributed by atoms with Gasteiger partial charge in [0.2, 0.25) is 9.76 Å². The predicted octanol–water partition coefficient (Wildman–Crippen LogP) is 4.40. The molecule has 0 N–H and O–H groups in total. The van der Waals surface area contributed by atoms with Crippen LogP contribution in [-0.2, 0) is 27.3 Å². The van der Waals surface area contributed by atoms with E-state index in [0.29, 0.717) is 23.0 Å². The standard InChI is InChI=1S/C16H32Br2O6Si3/c1-13(17)15(19)21-9-7-11-25-23-27(5,6)24-26(3,4)12-8-10-22-16(20)14(2)18/h13-14H,7-12H2,1-6H3. The second-order valence-corrected chi connectivity index (χ2v) is 19.3. The molecule has 0 aromatic carbocycles. The van der Waals surface area contributed by atoms with Crippen molar-refractivity contribution in [1.29, 1.82) is 0 Å². The molecule has 0 aliphatic heterocycles. The molecule has 0 aromatic heterocycles. The van der Waals surface area contributed by atoms with Gasteiger partial charge < -0.3 is 17.7 Å². The van der Waals surface area contributed by atoms with Gasteiger partial charge in [0.15, 0.2) is 8.32 Å². The molecule has 0 aliphatic carbocycles. The summed E-state index contributed by atoms with van der Waals surface area (Å²) in [6, 6.07) is 1.77. The molecule has 158 valence electrons. The SMILES string of the molecule is CC(Br)C(=O)OCCC[Si]O[Si](C)(C)O[Si](C)(C)CCCOC(=O)C(C)Br. The number of halogens is 2. The van der Waals surface area contributed by atoms with E-state index in [2.05, 4.69) is 58.0 Å². The number of esters is 2. The summed E-state index contributed by atoms with van der Waals surface area (Å²) in [5, 5.41) is 0. The number of rotatable bonds is 14. The van der Waals surface area contributed by atoms with Crippen LogP contribution in [0, 0.1) is 0 Å². The maximum atomic E-state index is 11.4. The number of hydrogen-bond acceptors (Lipinski definition) is 6. The van der Waals surface area contributed by atoms with Crippen LogP contribution in [-0.4, -0.2) is 61.4 Å². The zero-order chi connectivity index (χ0) is 21.1. The lowest BCUT2D eigenvalue weighted by Crippen LogP contribution is -2.47. The average molecular weight is 564 g/mol. The van der Waals surface area contributed by atoms with Crippen molar-refractivity contribution in [2.45, 2.75) is 74.6 Å². The van der Waals surface area contributed by atoms with E-state index in [1.54, 1.807) is 13.8 Å². The van der Waals surface area contributed by atoms with Crippen molar-refractivity contribution in [3.05, 3.63) is 0 Å². The molecule has 0 fully saturated rings. The monoisotopic (exact) mass is 562 g/mol. The number of carbonyl (C=O) groups excluding carboxylic acids is 2. The minimum absolute atomic E-state index is 0.231. The second-order valence-electron chi connectivity index (χ2n) is 7.28. The summed E-state index contributed by atoms with van der Waals surface area (Å²) in [6.07, 6.45) is 1.58. The number of ether oxygens (including phenoxy) is 2. The van der Waals surface area contributed by atoms with Gasteiger partial charge in [-0.15, -0.1) is 0 Å². The Morgan fingerprint density at radius 3 is 1.89 bits per heavy atom. The zero-order valence-electron chi connectivity index (χ0n) is 17.1. The Morgan fingerprint density at radius 2 is 1.41 bits per heavy atom. The summed E-state index contributed by atoms with van der Waals surface area (Å²) < 4.78 is 22.7. The van der Waals surface area contributed by atoms with Crippen molar-refractivity contribution in [2.24, 2.45) is 0 Å². The molecular weight excluding hydrogens is 532 g/mol. The van der Waals surface area contributed by atoms with Gasteiger partial charge in [-0.2, -0.15) is 0 Å². The molecule has 0 saturated heterocycles. The lowest BCUT2D eigenvalue weighted by molar-refractivity contribution is -0.143. The van der Waals surface area contributed by atoms with E-state index in [0.717, 1.165) is 24.9 Å². The molecular formula is C16H32Br2O6Si3. The number of alkyl halides is 2. The Kier molecular flexibility index (Phi) is 13.9. The fraction of sp³-hybridized carbons (Fsp3) is 0.875. The van der Waals surface area contributed by atoms with Crippen LogP contribution >= 0.6 is 31.9 Å². The first-order valence-electron chi connectivity index (χ1n) is 9.09. The van der Waals surface area contributed by atoms with Crippen molar-refractivity contribution < 1.29 is 27.3 Å². The molecule has 27 heavy (non-hydrogen) atoms. The molecule has 2 atom stereocenters. The highest BCUT2D eigenvalue weighted by molar-refractivity contribution is 9.10. The van der Waals surface area contributed by atoms with Gasteiger partial charge in [0, 0.05) is 0 Å². The molecule has 2 radical (unpaired) electrons. The Bertz CT molecular complexity index is 461. The molecule has 0 aromatic rings. The van der Waals surface area contributed by atoms with Gasteiger partial charge in [0.1, 0.15) is 9.65 Å². The summed E-state index contributed by atoms with van der Waals surface area (Å²) in [5.74, 6) is -0.466. The third-order valence-electron chi connectivity index (χ3n) is 3.32.